The van der Waals surface area contributed by atoms with Crippen molar-refractivity contribution >= 4 is 45.7 Å². The summed E-state index contributed by atoms with van der Waals surface area (Å²) < 4.78 is 9.56. The summed E-state index contributed by atoms with van der Waals surface area (Å²) in [5.74, 6) is -0.109. The van der Waals surface area contributed by atoms with Crippen LogP contribution in [0.4, 0.5) is 0 Å². The maximum Gasteiger partial charge on any atom is 0.274 e. The van der Waals surface area contributed by atoms with Gasteiger partial charge in [-0.15, -0.1) is 0 Å². The average molecular weight is 539 g/mol. The van der Waals surface area contributed by atoms with E-state index in [1.807, 2.05) is 54.6 Å². The van der Waals surface area contributed by atoms with Gasteiger partial charge >= 0.3 is 0 Å². The van der Waals surface area contributed by atoms with Crippen LogP contribution in [-0.2, 0) is 0 Å². The number of hydrogen-bond donors (Lipinski definition) is 1. The van der Waals surface area contributed by atoms with Crippen LogP contribution in [0.5, 0.6) is 5.88 Å². The molecule has 0 bridgehead atoms. The fourth-order valence-electron chi connectivity index (χ4n) is 3.49. The van der Waals surface area contributed by atoms with Crippen molar-refractivity contribution in [3.63, 3.8) is 0 Å². The Balaban J connectivity index is 1.93. The third-order valence-corrected chi connectivity index (χ3v) is 6.03. The van der Waals surface area contributed by atoms with Crippen LogP contribution in [0.25, 0.3) is 33.6 Å². The van der Waals surface area contributed by atoms with Crippen LogP contribution in [0.15, 0.2) is 88.2 Å². The number of hydrogen-bond acceptors (Lipinski definition) is 5. The molecule has 0 unspecified atom stereocenters. The zero-order chi connectivity index (χ0) is 21.5. The molecule has 2 aromatic heterocycles. The second-order valence-electron chi connectivity index (χ2n) is 6.80. The third kappa shape index (κ3) is 3.28. The molecule has 8 heteroatoms. The van der Waals surface area contributed by atoms with E-state index in [1.54, 1.807) is 24.3 Å². The highest BCUT2D eigenvalue weighted by Gasteiger charge is 2.25. The normalized spacial score (nSPS) is 11.1. The van der Waals surface area contributed by atoms with Gasteiger partial charge in [-0.3, -0.25) is 13.9 Å². The van der Waals surface area contributed by atoms with Crippen molar-refractivity contribution < 1.29 is 9.63 Å². The first-order chi connectivity index (χ1) is 15.1. The molecule has 31 heavy (non-hydrogen) atoms. The number of aromatic nitrogens is 3. The van der Waals surface area contributed by atoms with Gasteiger partial charge in [0.1, 0.15) is 11.1 Å². The number of halogens is 1. The van der Waals surface area contributed by atoms with Crippen molar-refractivity contribution in [2.75, 3.05) is 0 Å². The van der Waals surface area contributed by atoms with Crippen LogP contribution in [0.1, 0.15) is 0 Å². The molecule has 152 valence electrons. The molecule has 0 saturated carbocycles. The number of aromatic hydroxyl groups is 1. The smallest absolute Gasteiger partial charge is 0.274 e. The van der Waals surface area contributed by atoms with Crippen LogP contribution >= 0.6 is 34.8 Å². The van der Waals surface area contributed by atoms with Gasteiger partial charge in [-0.25, -0.2) is 0 Å². The van der Waals surface area contributed by atoms with Gasteiger partial charge in [0.2, 0.25) is 5.88 Å². The number of rotatable bonds is 3. The summed E-state index contributed by atoms with van der Waals surface area (Å²) in [5.41, 5.74) is 1.30. The van der Waals surface area contributed by atoms with Gasteiger partial charge in [0.05, 0.1) is 16.8 Å². The molecule has 5 aromatic rings. The summed E-state index contributed by atoms with van der Waals surface area (Å²) in [5, 5.41) is 15.9. The van der Waals surface area contributed by atoms with E-state index in [4.69, 9.17) is 16.7 Å². The lowest BCUT2D eigenvalue weighted by Gasteiger charge is -2.17. The van der Waals surface area contributed by atoms with Crippen molar-refractivity contribution in [3.8, 4) is 28.6 Å². The van der Waals surface area contributed by atoms with Gasteiger partial charge in [0, 0.05) is 3.57 Å². The highest BCUT2D eigenvalue weighted by atomic mass is 127. The van der Waals surface area contributed by atoms with E-state index < -0.39 is 5.56 Å². The lowest BCUT2D eigenvalue weighted by molar-refractivity contribution is 0.416. The molecule has 0 aliphatic heterocycles. The molecule has 0 fully saturated rings. The zero-order valence-corrected chi connectivity index (χ0v) is 18.9. The molecule has 0 saturated heterocycles. The predicted octanol–water partition coefficient (Wildman–Crippen LogP) is 5.48. The molecule has 0 radical (unpaired) electrons. The van der Waals surface area contributed by atoms with Crippen LogP contribution < -0.4 is 5.56 Å². The molecule has 0 aliphatic carbocycles. The molecular formula is C23H14IN3O3S. The Morgan fingerprint density at radius 3 is 2.26 bits per heavy atom. The minimum Gasteiger partial charge on any atom is -0.493 e. The Bertz CT molecular complexity index is 1540. The fourth-order valence-corrected chi connectivity index (χ4v) is 4.23. The lowest BCUT2D eigenvalue weighted by Crippen LogP contribution is -2.25. The van der Waals surface area contributed by atoms with Crippen molar-refractivity contribution in [1.82, 2.24) is 14.3 Å². The minimum absolute atomic E-state index is 0.00953. The van der Waals surface area contributed by atoms with E-state index in [-0.39, 0.29) is 22.0 Å². The molecular weight excluding hydrogens is 525 g/mol. The summed E-state index contributed by atoms with van der Waals surface area (Å²) in [4.78, 5) is 13.6. The molecule has 6 nitrogen and oxygen atoms in total. The van der Waals surface area contributed by atoms with Crippen molar-refractivity contribution in [1.29, 1.82) is 0 Å². The van der Waals surface area contributed by atoms with E-state index in [9.17, 15) is 9.90 Å². The quantitative estimate of drug-likeness (QED) is 0.243. The van der Waals surface area contributed by atoms with Gasteiger partial charge in [0.15, 0.2) is 10.5 Å². The summed E-state index contributed by atoms with van der Waals surface area (Å²) in [6, 6.07) is 23.8. The maximum absolute atomic E-state index is 13.6. The summed E-state index contributed by atoms with van der Waals surface area (Å²) in [7, 11) is 0. The average Bonchev–Trinajstić information content (AvgIpc) is 3.20. The van der Waals surface area contributed by atoms with Crippen LogP contribution in [-0.4, -0.2) is 19.4 Å². The van der Waals surface area contributed by atoms with Crippen molar-refractivity contribution in [3.05, 3.63) is 97.6 Å². The Kier molecular flexibility index (Phi) is 4.95. The molecule has 0 amide bonds. The Morgan fingerprint density at radius 2 is 1.52 bits per heavy atom. The summed E-state index contributed by atoms with van der Waals surface area (Å²) >= 11 is 7.87. The molecule has 1 N–H and O–H groups in total. The van der Waals surface area contributed by atoms with Gasteiger partial charge in [0.25, 0.3) is 5.56 Å². The minimum atomic E-state index is -0.489. The zero-order valence-electron chi connectivity index (χ0n) is 15.9. The van der Waals surface area contributed by atoms with E-state index in [1.165, 1.54) is 9.13 Å². The Labute approximate surface area is 195 Å². The first-order valence-corrected chi connectivity index (χ1v) is 10.8. The first-order valence-electron chi connectivity index (χ1n) is 9.33. The van der Waals surface area contributed by atoms with Crippen LogP contribution in [0.2, 0.25) is 0 Å². The van der Waals surface area contributed by atoms with Gasteiger partial charge in [-0.05, 0) is 83.3 Å². The van der Waals surface area contributed by atoms with Gasteiger partial charge < -0.3 is 9.63 Å². The molecule has 3 aromatic carbocycles. The number of para-hydroxylation sites is 1. The standard InChI is InChI=1S/C23H14IN3O3S/c24-14-10-12-16(13-11-14)27-22(29)19(20-17-8-4-5-9-18(17)25-30-20)21(28)26(23(27)31)15-6-2-1-3-7-15/h1-13,29H. The topological polar surface area (TPSA) is 73.2 Å². The van der Waals surface area contributed by atoms with Gasteiger partial charge in [-0.2, -0.15) is 0 Å². The van der Waals surface area contributed by atoms with Gasteiger partial charge in [-0.1, -0.05) is 35.5 Å². The Hall–Kier alpha value is -3.24. The highest BCUT2D eigenvalue weighted by molar-refractivity contribution is 14.1. The molecule has 0 aliphatic rings. The Morgan fingerprint density at radius 1 is 0.871 bits per heavy atom. The van der Waals surface area contributed by atoms with Crippen LogP contribution in [0, 0.1) is 8.34 Å². The molecule has 5 rings (SSSR count). The maximum atomic E-state index is 13.6. The second kappa shape index (κ2) is 7.78. The van der Waals surface area contributed by atoms with Crippen molar-refractivity contribution in [2.45, 2.75) is 0 Å². The van der Waals surface area contributed by atoms with Crippen LogP contribution in [0.3, 0.4) is 0 Å². The molecule has 2 heterocycles. The lowest BCUT2D eigenvalue weighted by atomic mass is 10.1. The SMILES string of the molecule is O=c1c(-c2onc3ccccc23)c(O)n(-c2ccc(I)cc2)c(=S)n1-c1ccccc1. The third-order valence-electron chi connectivity index (χ3n) is 4.95. The first kappa shape index (κ1) is 19.7. The molecule has 0 spiro atoms. The number of benzene rings is 3. The number of fused-ring (bicyclic) bond motifs is 1. The highest BCUT2D eigenvalue weighted by Crippen LogP contribution is 2.34. The van der Waals surface area contributed by atoms with Crippen molar-refractivity contribution in [2.24, 2.45) is 0 Å². The monoisotopic (exact) mass is 539 g/mol. The molecule has 0 atom stereocenters. The van der Waals surface area contributed by atoms with E-state index in [2.05, 4.69) is 27.7 Å². The van der Waals surface area contributed by atoms with E-state index >= 15 is 0 Å². The predicted molar refractivity (Wildman–Crippen MR) is 130 cm³/mol. The number of nitrogens with zero attached hydrogens (tertiary/aromatic N) is 3. The second-order valence-corrected chi connectivity index (χ2v) is 8.41. The fraction of sp³-hybridized carbons (Fsp3) is 0. The summed E-state index contributed by atoms with van der Waals surface area (Å²) in [6.07, 6.45) is 0. The largest absolute Gasteiger partial charge is 0.493 e. The van der Waals surface area contributed by atoms with E-state index in [0.717, 1.165) is 3.57 Å². The van der Waals surface area contributed by atoms with E-state index in [0.29, 0.717) is 22.3 Å². The summed E-state index contributed by atoms with van der Waals surface area (Å²) in [6.45, 7) is 0.